The number of nitrogens with zero attached hydrogens (tertiary/aromatic N) is 4. The summed E-state index contributed by atoms with van der Waals surface area (Å²) in [6, 6.07) is 0.673. The number of ether oxygens (including phenoxy) is 1. The average Bonchev–Trinajstić information content (AvgIpc) is 3.44. The van der Waals surface area contributed by atoms with Crippen molar-refractivity contribution in [3.8, 4) is 17.0 Å². The molecule has 1 fully saturated rings. The zero-order chi connectivity index (χ0) is 30.7. The van der Waals surface area contributed by atoms with E-state index in [0.29, 0.717) is 35.4 Å². The van der Waals surface area contributed by atoms with E-state index < -0.39 is 94.4 Å². The fourth-order valence-corrected chi connectivity index (χ4v) is 4.40. The Kier molecular flexibility index (Phi) is 7.28. The number of nitrogen functional groups attached to an aromatic ring is 1. The van der Waals surface area contributed by atoms with Gasteiger partial charge in [-0.05, 0) is 26.0 Å². The molecule has 2 atom stereocenters. The lowest BCUT2D eigenvalue weighted by Crippen LogP contribution is -2.49. The van der Waals surface area contributed by atoms with Crippen LogP contribution in [0.15, 0.2) is 24.5 Å². The maximum absolute atomic E-state index is 15.1. The molecule has 17 heteroatoms. The molecule has 0 bridgehead atoms. The third-order valence-electron chi connectivity index (χ3n) is 6.79. The summed E-state index contributed by atoms with van der Waals surface area (Å²) >= 11 is 0. The Labute approximate surface area is 226 Å². The van der Waals surface area contributed by atoms with Gasteiger partial charge in [0.15, 0.2) is 5.82 Å². The first-order chi connectivity index (χ1) is 18.9. The molecular formula is C24H22F8N6O3. The number of fused-ring (bicyclic) bond motifs is 1. The third-order valence-corrected chi connectivity index (χ3v) is 6.79. The fourth-order valence-electron chi connectivity index (χ4n) is 4.40. The molecule has 1 aliphatic heterocycles. The minimum Gasteiger partial charge on any atom is -0.496 e. The monoisotopic (exact) mass is 594 g/mol. The number of nitrogens with two attached hydrogens (primary N) is 1. The van der Waals surface area contributed by atoms with Gasteiger partial charge in [0.2, 0.25) is 5.91 Å². The molecule has 0 saturated carbocycles. The minimum atomic E-state index is -4.94. The van der Waals surface area contributed by atoms with E-state index in [0.717, 1.165) is 19.5 Å². The molecule has 222 valence electrons. The van der Waals surface area contributed by atoms with E-state index in [9.17, 15) is 40.3 Å². The molecule has 4 rings (SSSR count). The molecule has 3 heterocycles. The number of alkyl halides is 7. The quantitative estimate of drug-likeness (QED) is 0.432. The lowest BCUT2D eigenvalue weighted by molar-refractivity contribution is -0.216. The molecule has 1 aliphatic rings. The number of carbonyl (C=O) groups excluding carboxylic acids is 2. The molecule has 41 heavy (non-hydrogen) atoms. The maximum Gasteiger partial charge on any atom is 0.418 e. The first-order valence-electron chi connectivity index (χ1n) is 11.8. The summed E-state index contributed by atoms with van der Waals surface area (Å²) in [6.07, 6.45) is -11.0. The van der Waals surface area contributed by atoms with Crippen LogP contribution >= 0.6 is 0 Å². The summed E-state index contributed by atoms with van der Waals surface area (Å²) in [6.45, 7) is -0.0382. The molecule has 2 aromatic heterocycles. The number of likely N-dealkylation sites (tertiary alicyclic amines) is 1. The van der Waals surface area contributed by atoms with Gasteiger partial charge in [0, 0.05) is 18.2 Å². The van der Waals surface area contributed by atoms with E-state index in [4.69, 9.17) is 10.5 Å². The van der Waals surface area contributed by atoms with Gasteiger partial charge in [0.05, 0.1) is 36.5 Å². The van der Waals surface area contributed by atoms with Gasteiger partial charge >= 0.3 is 12.4 Å². The molecule has 0 aliphatic carbocycles. The van der Waals surface area contributed by atoms with E-state index >= 15 is 4.39 Å². The lowest BCUT2D eigenvalue weighted by Gasteiger charge is -2.30. The van der Waals surface area contributed by atoms with Crippen LogP contribution in [0.3, 0.4) is 0 Å². The van der Waals surface area contributed by atoms with Gasteiger partial charge in [0.1, 0.15) is 35.0 Å². The van der Waals surface area contributed by atoms with Crippen molar-refractivity contribution in [2.75, 3.05) is 25.9 Å². The predicted molar refractivity (Wildman–Crippen MR) is 127 cm³/mol. The van der Waals surface area contributed by atoms with Gasteiger partial charge < -0.3 is 20.7 Å². The highest BCUT2D eigenvalue weighted by Crippen LogP contribution is 2.41. The summed E-state index contributed by atoms with van der Waals surface area (Å²) in [5.74, 6) is -4.53. The van der Waals surface area contributed by atoms with Crippen LogP contribution in [0.1, 0.15) is 29.8 Å². The Morgan fingerprint density at radius 1 is 1.10 bits per heavy atom. The van der Waals surface area contributed by atoms with Crippen LogP contribution in [0.25, 0.3) is 16.8 Å². The van der Waals surface area contributed by atoms with Gasteiger partial charge in [-0.3, -0.25) is 9.59 Å². The fraction of sp³-hybridized carbons (Fsp3) is 0.417. The van der Waals surface area contributed by atoms with Crippen LogP contribution in [0.5, 0.6) is 5.75 Å². The van der Waals surface area contributed by atoms with Crippen LogP contribution in [0, 0.1) is 11.2 Å². The number of carbonyl (C=O) groups is 2. The van der Waals surface area contributed by atoms with Crippen LogP contribution in [-0.2, 0) is 11.0 Å². The van der Waals surface area contributed by atoms with E-state index in [-0.39, 0.29) is 5.75 Å². The van der Waals surface area contributed by atoms with Gasteiger partial charge in [-0.25, -0.2) is 18.3 Å². The number of rotatable bonds is 5. The van der Waals surface area contributed by atoms with Crippen LogP contribution in [-0.4, -0.2) is 69.9 Å². The Morgan fingerprint density at radius 3 is 2.34 bits per heavy atom. The van der Waals surface area contributed by atoms with Crippen molar-refractivity contribution in [2.24, 2.45) is 5.41 Å². The van der Waals surface area contributed by atoms with E-state index in [1.165, 1.54) is 0 Å². The molecule has 1 aromatic carbocycles. The van der Waals surface area contributed by atoms with Gasteiger partial charge in [-0.2, -0.15) is 31.4 Å². The topological polar surface area (TPSA) is 115 Å². The van der Waals surface area contributed by atoms with Gasteiger partial charge in [-0.1, -0.05) is 0 Å². The smallest absolute Gasteiger partial charge is 0.418 e. The molecule has 3 N–H and O–H groups in total. The first-order valence-corrected chi connectivity index (χ1v) is 11.8. The molecule has 2 amide bonds. The second kappa shape index (κ2) is 10.0. The minimum absolute atomic E-state index is 0.380. The molecule has 0 radical (unpaired) electrons. The first kappa shape index (κ1) is 29.8. The number of methoxy groups -OCH3 is 1. The van der Waals surface area contributed by atoms with Crippen molar-refractivity contribution >= 4 is 23.1 Å². The van der Waals surface area contributed by atoms with Crippen LogP contribution < -0.4 is 15.8 Å². The summed E-state index contributed by atoms with van der Waals surface area (Å²) in [4.78, 5) is 29.8. The predicted octanol–water partition coefficient (Wildman–Crippen LogP) is 4.01. The van der Waals surface area contributed by atoms with Gasteiger partial charge in [0.25, 0.3) is 5.91 Å². The Morgan fingerprint density at radius 2 is 1.76 bits per heavy atom. The zero-order valence-corrected chi connectivity index (χ0v) is 21.5. The number of benzene rings is 1. The van der Waals surface area contributed by atoms with Gasteiger partial charge in [-0.15, -0.1) is 0 Å². The highest BCUT2D eigenvalue weighted by Gasteiger charge is 2.55. The van der Waals surface area contributed by atoms with Crippen molar-refractivity contribution in [2.45, 2.75) is 38.4 Å². The number of aromatic nitrogens is 3. The van der Waals surface area contributed by atoms with Crippen LogP contribution in [0.2, 0.25) is 0 Å². The van der Waals surface area contributed by atoms with Crippen LogP contribution in [0.4, 0.5) is 40.9 Å². The largest absolute Gasteiger partial charge is 0.496 e. The summed E-state index contributed by atoms with van der Waals surface area (Å²) < 4.78 is 117. The number of amides is 2. The second-order valence-corrected chi connectivity index (χ2v) is 9.81. The second-order valence-electron chi connectivity index (χ2n) is 9.81. The molecule has 9 nitrogen and oxygen atoms in total. The van der Waals surface area contributed by atoms with Crippen molar-refractivity contribution in [1.29, 1.82) is 0 Å². The Bertz CT molecular complexity index is 1520. The van der Waals surface area contributed by atoms with Crippen molar-refractivity contribution in [1.82, 2.24) is 24.8 Å². The summed E-state index contributed by atoms with van der Waals surface area (Å²) in [7, 11) is 1.07. The molecular weight excluding hydrogens is 572 g/mol. The highest BCUT2D eigenvalue weighted by atomic mass is 19.4. The molecule has 0 spiro atoms. The number of anilines is 1. The SMILES string of the molecule is COc1cc(F)c(-c2cc(C(F)(F)F)c3c(N)ncnn23)cc1C(=O)N[C@@H]1CN(C(=O)C(C)(C)C(F)(F)F)C[C@@H]1F. The molecule has 3 aromatic rings. The maximum atomic E-state index is 15.1. The van der Waals surface area contributed by atoms with Crippen molar-refractivity contribution in [3.05, 3.63) is 41.5 Å². The number of nitrogens with one attached hydrogen (secondary N) is 1. The average molecular weight is 594 g/mol. The Balaban J connectivity index is 1.69. The van der Waals surface area contributed by atoms with E-state index in [2.05, 4.69) is 15.4 Å². The Hall–Kier alpha value is -4.18. The number of hydrogen-bond donors (Lipinski definition) is 2. The lowest BCUT2D eigenvalue weighted by atomic mass is 9.91. The molecule has 0 unspecified atom stereocenters. The normalized spacial score (nSPS) is 18.2. The number of hydrogen-bond acceptors (Lipinski definition) is 6. The summed E-state index contributed by atoms with van der Waals surface area (Å²) in [5.41, 5.74) is -0.561. The van der Waals surface area contributed by atoms with E-state index in [1.807, 2.05) is 0 Å². The van der Waals surface area contributed by atoms with Crippen molar-refractivity contribution in [3.63, 3.8) is 0 Å². The molecule has 1 saturated heterocycles. The third kappa shape index (κ3) is 5.19. The standard InChI is InChI=1S/C24H22F8N6O3/c1-22(2,24(30,31)32)21(40)37-7-14(26)15(8-37)36-20(39)11-4-10(13(25)6-17(11)41-3)16-5-12(23(27,28)29)18-19(33)34-9-35-38(16)18/h4-6,9,14-15H,7-8H2,1-3H3,(H,36,39)(H2,33,34,35)/t14-,15+/m0/s1. The van der Waals surface area contributed by atoms with Crippen molar-refractivity contribution < 1.29 is 49.4 Å². The summed E-state index contributed by atoms with van der Waals surface area (Å²) in [5, 5.41) is 5.97. The number of halogens is 8. The zero-order valence-electron chi connectivity index (χ0n) is 21.5. The highest BCUT2D eigenvalue weighted by molar-refractivity contribution is 5.99. The van der Waals surface area contributed by atoms with E-state index in [1.54, 1.807) is 0 Å².